The Morgan fingerprint density at radius 1 is 1.17 bits per heavy atom. The standard InChI is InChI=1S/C17H20N4O2/c1-10-5-6-15(11(2)7-10)21-12(3)8-14(13(21)4)9-19-20-17(23)16(18)22/h5-9H,1-4H3,(H2,18,22)(H,20,23)/b19-9-. The van der Waals surface area contributed by atoms with Gasteiger partial charge in [0.2, 0.25) is 0 Å². The van der Waals surface area contributed by atoms with Crippen molar-refractivity contribution in [2.45, 2.75) is 27.7 Å². The minimum absolute atomic E-state index is 0.854. The number of carbonyl (C=O) groups excluding carboxylic acids is 2. The summed E-state index contributed by atoms with van der Waals surface area (Å²) >= 11 is 0. The average molecular weight is 312 g/mol. The molecule has 23 heavy (non-hydrogen) atoms. The molecule has 2 amide bonds. The lowest BCUT2D eigenvalue weighted by Crippen LogP contribution is -2.32. The molecule has 0 unspecified atom stereocenters. The normalized spacial score (nSPS) is 11.0. The number of aryl methyl sites for hydroxylation is 3. The number of nitrogens with two attached hydrogens (primary N) is 1. The largest absolute Gasteiger partial charge is 0.361 e. The summed E-state index contributed by atoms with van der Waals surface area (Å²) in [5.41, 5.74) is 13.3. The SMILES string of the molecule is Cc1ccc(-n2c(C)cc(/C=N\NC(=O)C(N)=O)c2C)c(C)c1. The smallest absolute Gasteiger partial charge is 0.329 e. The summed E-state index contributed by atoms with van der Waals surface area (Å²) < 4.78 is 2.13. The fourth-order valence-corrected chi connectivity index (χ4v) is 2.56. The second-order valence-corrected chi connectivity index (χ2v) is 5.52. The molecular formula is C17H20N4O2. The Morgan fingerprint density at radius 2 is 1.87 bits per heavy atom. The number of hydrogen-bond donors (Lipinski definition) is 2. The van der Waals surface area contributed by atoms with Gasteiger partial charge in [-0.1, -0.05) is 17.7 Å². The van der Waals surface area contributed by atoms with Crippen LogP contribution in [0.2, 0.25) is 0 Å². The van der Waals surface area contributed by atoms with E-state index in [-0.39, 0.29) is 0 Å². The lowest BCUT2D eigenvalue weighted by molar-refractivity contribution is -0.137. The molecule has 0 aliphatic rings. The van der Waals surface area contributed by atoms with Crippen LogP contribution in [0.1, 0.15) is 28.1 Å². The summed E-state index contributed by atoms with van der Waals surface area (Å²) in [6, 6.07) is 8.26. The van der Waals surface area contributed by atoms with Crippen molar-refractivity contribution in [2.75, 3.05) is 0 Å². The zero-order valence-corrected chi connectivity index (χ0v) is 13.7. The summed E-state index contributed by atoms with van der Waals surface area (Å²) in [6.45, 7) is 8.11. The molecule has 0 saturated heterocycles. The van der Waals surface area contributed by atoms with Gasteiger partial charge in [0.05, 0.1) is 6.21 Å². The summed E-state index contributed by atoms with van der Waals surface area (Å²) in [7, 11) is 0. The predicted octanol–water partition coefficient (Wildman–Crippen LogP) is 1.65. The number of aromatic nitrogens is 1. The molecule has 6 heteroatoms. The molecule has 0 atom stereocenters. The Labute approximate surface area is 135 Å². The van der Waals surface area contributed by atoms with Crippen molar-refractivity contribution in [1.82, 2.24) is 9.99 Å². The van der Waals surface area contributed by atoms with E-state index in [0.29, 0.717) is 0 Å². The van der Waals surface area contributed by atoms with Crippen LogP contribution in [-0.4, -0.2) is 22.6 Å². The monoisotopic (exact) mass is 312 g/mol. The topological polar surface area (TPSA) is 89.5 Å². The molecule has 1 heterocycles. The summed E-state index contributed by atoms with van der Waals surface area (Å²) in [5, 5.41) is 3.77. The lowest BCUT2D eigenvalue weighted by Gasteiger charge is -2.13. The van der Waals surface area contributed by atoms with Crippen molar-refractivity contribution in [3.8, 4) is 5.69 Å². The Kier molecular flexibility index (Phi) is 4.64. The molecule has 2 aromatic rings. The van der Waals surface area contributed by atoms with Gasteiger partial charge in [-0.15, -0.1) is 0 Å². The summed E-state index contributed by atoms with van der Waals surface area (Å²) in [4.78, 5) is 21.7. The Bertz CT molecular complexity index is 803. The van der Waals surface area contributed by atoms with Gasteiger partial charge in [0.1, 0.15) is 0 Å². The van der Waals surface area contributed by atoms with Crippen LogP contribution < -0.4 is 11.2 Å². The molecular weight excluding hydrogens is 292 g/mol. The van der Waals surface area contributed by atoms with Crippen LogP contribution >= 0.6 is 0 Å². The first-order valence-corrected chi connectivity index (χ1v) is 7.20. The molecule has 3 N–H and O–H groups in total. The minimum Gasteiger partial charge on any atom is -0.361 e. The number of carbonyl (C=O) groups is 2. The van der Waals surface area contributed by atoms with E-state index in [0.717, 1.165) is 22.6 Å². The van der Waals surface area contributed by atoms with E-state index in [1.54, 1.807) is 0 Å². The lowest BCUT2D eigenvalue weighted by atomic mass is 10.1. The van der Waals surface area contributed by atoms with Crippen LogP contribution in [0, 0.1) is 27.7 Å². The van der Waals surface area contributed by atoms with E-state index in [2.05, 4.69) is 47.1 Å². The number of hydrogen-bond acceptors (Lipinski definition) is 3. The molecule has 0 spiro atoms. The van der Waals surface area contributed by atoms with Crippen molar-refractivity contribution in [1.29, 1.82) is 0 Å². The first kappa shape index (κ1) is 16.5. The van der Waals surface area contributed by atoms with Crippen molar-refractivity contribution < 1.29 is 9.59 Å². The van der Waals surface area contributed by atoms with Gasteiger partial charge < -0.3 is 10.3 Å². The Morgan fingerprint density at radius 3 is 2.48 bits per heavy atom. The number of primary amides is 1. The fourth-order valence-electron chi connectivity index (χ4n) is 2.56. The van der Waals surface area contributed by atoms with E-state index in [1.807, 2.05) is 19.9 Å². The van der Waals surface area contributed by atoms with Crippen LogP contribution in [0.15, 0.2) is 29.4 Å². The molecule has 6 nitrogen and oxygen atoms in total. The molecule has 0 fully saturated rings. The molecule has 2 rings (SSSR count). The van der Waals surface area contributed by atoms with E-state index in [4.69, 9.17) is 5.73 Å². The van der Waals surface area contributed by atoms with Crippen molar-refractivity contribution in [3.05, 3.63) is 52.3 Å². The zero-order chi connectivity index (χ0) is 17.1. The van der Waals surface area contributed by atoms with Crippen LogP contribution in [0.4, 0.5) is 0 Å². The average Bonchev–Trinajstić information content (AvgIpc) is 2.74. The van der Waals surface area contributed by atoms with Gasteiger partial charge in [0.15, 0.2) is 0 Å². The van der Waals surface area contributed by atoms with E-state index in [1.165, 1.54) is 17.3 Å². The number of benzene rings is 1. The van der Waals surface area contributed by atoms with Crippen molar-refractivity contribution in [2.24, 2.45) is 10.8 Å². The molecule has 1 aromatic carbocycles. The van der Waals surface area contributed by atoms with Gasteiger partial charge in [-0.25, -0.2) is 5.43 Å². The second kappa shape index (κ2) is 6.48. The third kappa shape index (κ3) is 3.48. The van der Waals surface area contributed by atoms with Gasteiger partial charge in [0, 0.05) is 22.6 Å². The van der Waals surface area contributed by atoms with E-state index in [9.17, 15) is 9.59 Å². The van der Waals surface area contributed by atoms with Crippen LogP contribution in [0.25, 0.3) is 5.69 Å². The number of rotatable bonds is 3. The van der Waals surface area contributed by atoms with Gasteiger partial charge in [-0.3, -0.25) is 9.59 Å². The molecule has 120 valence electrons. The first-order valence-electron chi connectivity index (χ1n) is 7.20. The Hall–Kier alpha value is -2.89. The second-order valence-electron chi connectivity index (χ2n) is 5.52. The maximum Gasteiger partial charge on any atom is 0.329 e. The molecule has 1 aromatic heterocycles. The van der Waals surface area contributed by atoms with E-state index >= 15 is 0 Å². The predicted molar refractivity (Wildman–Crippen MR) is 89.6 cm³/mol. The third-order valence-electron chi connectivity index (χ3n) is 3.66. The van der Waals surface area contributed by atoms with Crippen LogP contribution in [-0.2, 0) is 9.59 Å². The molecule has 0 aliphatic heterocycles. The van der Waals surface area contributed by atoms with Crippen molar-refractivity contribution >= 4 is 18.0 Å². The van der Waals surface area contributed by atoms with Gasteiger partial charge >= 0.3 is 11.8 Å². The molecule has 0 saturated carbocycles. The highest BCUT2D eigenvalue weighted by atomic mass is 16.2. The van der Waals surface area contributed by atoms with Crippen LogP contribution in [0.3, 0.4) is 0 Å². The maximum atomic E-state index is 11.1. The highest BCUT2D eigenvalue weighted by Crippen LogP contribution is 2.23. The van der Waals surface area contributed by atoms with Gasteiger partial charge in [-0.2, -0.15) is 5.10 Å². The quantitative estimate of drug-likeness (QED) is 0.512. The maximum absolute atomic E-state index is 11.1. The van der Waals surface area contributed by atoms with Crippen LogP contribution in [0.5, 0.6) is 0 Å². The summed E-state index contributed by atoms with van der Waals surface area (Å²) in [5.74, 6) is -2.01. The van der Waals surface area contributed by atoms with E-state index < -0.39 is 11.8 Å². The molecule has 0 bridgehead atoms. The van der Waals surface area contributed by atoms with Crippen molar-refractivity contribution in [3.63, 3.8) is 0 Å². The number of nitrogens with one attached hydrogen (secondary N) is 1. The molecule has 0 radical (unpaired) electrons. The number of nitrogens with zero attached hydrogens (tertiary/aromatic N) is 2. The van der Waals surface area contributed by atoms with Gasteiger partial charge in [0.25, 0.3) is 0 Å². The highest BCUT2D eigenvalue weighted by molar-refractivity contribution is 6.34. The Balaban J connectivity index is 2.34. The third-order valence-corrected chi connectivity index (χ3v) is 3.66. The summed E-state index contributed by atoms with van der Waals surface area (Å²) in [6.07, 6.45) is 1.50. The minimum atomic E-state index is -1.07. The number of hydrazone groups is 1. The molecule has 0 aliphatic carbocycles. The highest BCUT2D eigenvalue weighted by Gasteiger charge is 2.12. The zero-order valence-electron chi connectivity index (χ0n) is 13.7. The first-order chi connectivity index (χ1) is 10.8. The fraction of sp³-hybridized carbons (Fsp3) is 0.235. The van der Waals surface area contributed by atoms with Gasteiger partial charge in [-0.05, 0) is 45.4 Å². The number of amides is 2.